The predicted octanol–water partition coefficient (Wildman–Crippen LogP) is 3.95. The molecule has 146 valence electrons. The van der Waals surface area contributed by atoms with Gasteiger partial charge in [-0.05, 0) is 31.2 Å². The molecule has 1 aromatic heterocycles. The third kappa shape index (κ3) is 4.69. The molecule has 0 aliphatic heterocycles. The normalized spacial score (nSPS) is 10.6. The zero-order valence-electron chi connectivity index (χ0n) is 15.7. The van der Waals surface area contributed by atoms with Gasteiger partial charge in [0.1, 0.15) is 22.8 Å². The maximum atomic E-state index is 11.3. The van der Waals surface area contributed by atoms with Crippen LogP contribution in [0.1, 0.15) is 21.8 Å². The summed E-state index contributed by atoms with van der Waals surface area (Å²) in [6, 6.07) is 14.3. The number of rotatable bonds is 9. The van der Waals surface area contributed by atoms with Crippen LogP contribution in [0.15, 0.2) is 52.9 Å². The Morgan fingerprint density at radius 3 is 2.64 bits per heavy atom. The number of carboxylic acids is 1. The maximum absolute atomic E-state index is 11.3. The number of ether oxygens (including phenoxy) is 3. The smallest absolute Gasteiger partial charge is 0.339 e. The molecule has 0 spiro atoms. The van der Waals surface area contributed by atoms with Gasteiger partial charge in [0.2, 0.25) is 5.89 Å². The number of methoxy groups -OCH3 is 1. The fourth-order valence-corrected chi connectivity index (χ4v) is 2.64. The van der Waals surface area contributed by atoms with E-state index in [-0.39, 0.29) is 18.1 Å². The highest BCUT2D eigenvalue weighted by Gasteiger charge is 2.14. The Hall–Kier alpha value is -3.32. The standard InChI is InChI=1S/C21H21NO6/c1-14-18(22-20(28-14)15-6-4-3-5-7-15)10-11-26-16-8-9-17(21(23)24)19(12-16)27-13-25-2/h3-9,12H,10-11,13H2,1-2H3,(H,23,24). The lowest BCUT2D eigenvalue weighted by atomic mass is 10.2. The van der Waals surface area contributed by atoms with E-state index in [0.29, 0.717) is 24.7 Å². The molecule has 0 amide bonds. The van der Waals surface area contributed by atoms with Gasteiger partial charge in [-0.2, -0.15) is 0 Å². The van der Waals surface area contributed by atoms with E-state index in [4.69, 9.17) is 18.6 Å². The van der Waals surface area contributed by atoms with Crippen molar-refractivity contribution in [2.24, 2.45) is 0 Å². The average molecular weight is 383 g/mol. The molecule has 1 heterocycles. The molecule has 28 heavy (non-hydrogen) atoms. The van der Waals surface area contributed by atoms with E-state index in [1.54, 1.807) is 6.07 Å². The SMILES string of the molecule is COCOc1cc(OCCc2nc(-c3ccccc3)oc2C)ccc1C(=O)O. The molecule has 0 aliphatic rings. The first-order chi connectivity index (χ1) is 13.6. The fraction of sp³-hybridized carbons (Fsp3) is 0.238. The van der Waals surface area contributed by atoms with E-state index in [9.17, 15) is 9.90 Å². The fourth-order valence-electron chi connectivity index (χ4n) is 2.64. The number of benzene rings is 2. The number of aromatic nitrogens is 1. The number of nitrogens with zero attached hydrogens (tertiary/aromatic N) is 1. The van der Waals surface area contributed by atoms with Crippen molar-refractivity contribution in [2.75, 3.05) is 20.5 Å². The second-order valence-electron chi connectivity index (χ2n) is 6.00. The lowest BCUT2D eigenvalue weighted by molar-refractivity contribution is 0.0482. The van der Waals surface area contributed by atoms with Crippen molar-refractivity contribution in [3.8, 4) is 23.0 Å². The second-order valence-corrected chi connectivity index (χ2v) is 6.00. The van der Waals surface area contributed by atoms with Crippen LogP contribution in [-0.4, -0.2) is 36.6 Å². The molecule has 0 atom stereocenters. The maximum Gasteiger partial charge on any atom is 0.339 e. The molecule has 0 unspecified atom stereocenters. The molecule has 0 bridgehead atoms. The summed E-state index contributed by atoms with van der Waals surface area (Å²) in [7, 11) is 1.46. The molecule has 7 heteroatoms. The van der Waals surface area contributed by atoms with E-state index < -0.39 is 5.97 Å². The lowest BCUT2D eigenvalue weighted by Gasteiger charge is -2.11. The van der Waals surface area contributed by atoms with E-state index >= 15 is 0 Å². The minimum absolute atomic E-state index is 0.0456. The van der Waals surface area contributed by atoms with Gasteiger partial charge in [0, 0.05) is 25.2 Å². The minimum atomic E-state index is -1.08. The van der Waals surface area contributed by atoms with Crippen LogP contribution in [0.5, 0.6) is 11.5 Å². The zero-order chi connectivity index (χ0) is 19.9. The molecule has 0 saturated heterocycles. The van der Waals surface area contributed by atoms with Gasteiger partial charge in [0.15, 0.2) is 6.79 Å². The van der Waals surface area contributed by atoms with Crippen LogP contribution < -0.4 is 9.47 Å². The molecule has 1 N–H and O–H groups in total. The number of oxazole rings is 1. The monoisotopic (exact) mass is 383 g/mol. The Bertz CT molecular complexity index is 935. The summed E-state index contributed by atoms with van der Waals surface area (Å²) in [5.41, 5.74) is 1.78. The van der Waals surface area contributed by atoms with Gasteiger partial charge < -0.3 is 23.7 Å². The van der Waals surface area contributed by atoms with Crippen LogP contribution in [0.4, 0.5) is 0 Å². The average Bonchev–Trinajstić information content (AvgIpc) is 3.07. The molecular formula is C21H21NO6. The highest BCUT2D eigenvalue weighted by Crippen LogP contribution is 2.26. The molecule has 0 saturated carbocycles. The van der Waals surface area contributed by atoms with Crippen molar-refractivity contribution in [3.05, 3.63) is 65.5 Å². The highest BCUT2D eigenvalue weighted by molar-refractivity contribution is 5.91. The van der Waals surface area contributed by atoms with Crippen molar-refractivity contribution >= 4 is 5.97 Å². The van der Waals surface area contributed by atoms with Crippen LogP contribution >= 0.6 is 0 Å². The summed E-state index contributed by atoms with van der Waals surface area (Å²) in [5, 5.41) is 9.23. The number of aromatic carboxylic acids is 1. The summed E-state index contributed by atoms with van der Waals surface area (Å²) in [4.78, 5) is 15.8. The third-order valence-corrected chi connectivity index (χ3v) is 4.04. The summed E-state index contributed by atoms with van der Waals surface area (Å²) < 4.78 is 21.6. The zero-order valence-corrected chi connectivity index (χ0v) is 15.7. The summed E-state index contributed by atoms with van der Waals surface area (Å²) in [5.74, 6) is 0.933. The van der Waals surface area contributed by atoms with Gasteiger partial charge >= 0.3 is 5.97 Å². The van der Waals surface area contributed by atoms with Crippen LogP contribution in [-0.2, 0) is 11.2 Å². The van der Waals surface area contributed by atoms with Crippen molar-refractivity contribution in [1.82, 2.24) is 4.98 Å². The summed E-state index contributed by atoms with van der Waals surface area (Å²) >= 11 is 0. The van der Waals surface area contributed by atoms with Crippen LogP contribution in [0.25, 0.3) is 11.5 Å². The first kappa shape index (κ1) is 19.4. The van der Waals surface area contributed by atoms with Gasteiger partial charge in [-0.1, -0.05) is 18.2 Å². The Kier molecular flexibility index (Phi) is 6.29. The molecular weight excluding hydrogens is 362 g/mol. The number of carboxylic acid groups (broad SMARTS) is 1. The van der Waals surface area contributed by atoms with Crippen molar-refractivity contribution < 1.29 is 28.5 Å². The predicted molar refractivity (Wildman–Crippen MR) is 102 cm³/mol. The summed E-state index contributed by atoms with van der Waals surface area (Å²) in [6.07, 6.45) is 0.553. The van der Waals surface area contributed by atoms with Gasteiger partial charge in [-0.25, -0.2) is 9.78 Å². The Morgan fingerprint density at radius 2 is 1.93 bits per heavy atom. The lowest BCUT2D eigenvalue weighted by Crippen LogP contribution is -2.07. The van der Waals surface area contributed by atoms with Crippen LogP contribution in [0.3, 0.4) is 0 Å². The van der Waals surface area contributed by atoms with Gasteiger partial charge in [0.25, 0.3) is 0 Å². The first-order valence-electron chi connectivity index (χ1n) is 8.72. The Morgan fingerprint density at radius 1 is 1.14 bits per heavy atom. The summed E-state index contributed by atoms with van der Waals surface area (Å²) in [6.45, 7) is 2.18. The van der Waals surface area contributed by atoms with E-state index in [1.807, 2.05) is 37.3 Å². The first-order valence-corrected chi connectivity index (χ1v) is 8.72. The van der Waals surface area contributed by atoms with Crippen LogP contribution in [0, 0.1) is 6.92 Å². The molecule has 0 aliphatic carbocycles. The van der Waals surface area contributed by atoms with Gasteiger partial charge in [0.05, 0.1) is 12.3 Å². The molecule has 2 aromatic carbocycles. The number of hydrogen-bond acceptors (Lipinski definition) is 6. The van der Waals surface area contributed by atoms with Crippen molar-refractivity contribution in [1.29, 1.82) is 0 Å². The second kappa shape index (κ2) is 9.05. The van der Waals surface area contributed by atoms with Crippen LogP contribution in [0.2, 0.25) is 0 Å². The van der Waals surface area contributed by atoms with Crippen molar-refractivity contribution in [3.63, 3.8) is 0 Å². The van der Waals surface area contributed by atoms with Gasteiger partial charge in [-0.3, -0.25) is 0 Å². The van der Waals surface area contributed by atoms with E-state index in [0.717, 1.165) is 17.0 Å². The van der Waals surface area contributed by atoms with E-state index in [1.165, 1.54) is 19.2 Å². The third-order valence-electron chi connectivity index (χ3n) is 4.04. The molecule has 0 fully saturated rings. The van der Waals surface area contributed by atoms with E-state index in [2.05, 4.69) is 4.98 Å². The minimum Gasteiger partial charge on any atom is -0.493 e. The quantitative estimate of drug-likeness (QED) is 0.559. The van der Waals surface area contributed by atoms with Gasteiger partial charge in [-0.15, -0.1) is 0 Å². The highest BCUT2D eigenvalue weighted by atomic mass is 16.7. The number of hydrogen-bond donors (Lipinski definition) is 1. The number of carbonyl (C=O) groups is 1. The topological polar surface area (TPSA) is 91.0 Å². The Labute approximate surface area is 162 Å². The Balaban J connectivity index is 1.65. The molecule has 3 aromatic rings. The molecule has 0 radical (unpaired) electrons. The number of aryl methyl sites for hydroxylation is 1. The van der Waals surface area contributed by atoms with Crippen molar-refractivity contribution in [2.45, 2.75) is 13.3 Å². The molecule has 3 rings (SSSR count). The molecule has 7 nitrogen and oxygen atoms in total. The largest absolute Gasteiger partial charge is 0.493 e.